The molecule has 1 aromatic rings. The van der Waals surface area contributed by atoms with Crippen LogP contribution in [0.15, 0.2) is 30.3 Å². The van der Waals surface area contributed by atoms with Crippen molar-refractivity contribution >= 4 is 12.1 Å². The molecular weight excluding hydrogens is 270 g/mol. The summed E-state index contributed by atoms with van der Waals surface area (Å²) in [5.41, 5.74) is 0.711. The van der Waals surface area contributed by atoms with Crippen LogP contribution in [0.5, 0.6) is 0 Å². The predicted octanol–water partition coefficient (Wildman–Crippen LogP) is 2.65. The summed E-state index contributed by atoms with van der Waals surface area (Å²) in [6, 6.07) is 9.55. The molecule has 1 spiro atoms. The standard InChI is InChI=1S/C16H19NO4/c18-14(19)9-13-10-17(16(13)7-4-8-16)15(20)21-11-12-5-2-1-3-6-12/h1-3,5-6,13H,4,7-11H2,(H,18,19). The van der Waals surface area contributed by atoms with Gasteiger partial charge in [-0.05, 0) is 24.8 Å². The minimum absolute atomic E-state index is 0.0769. The number of ether oxygens (including phenoxy) is 1. The highest BCUT2D eigenvalue weighted by Crippen LogP contribution is 2.52. The first-order valence-corrected chi connectivity index (χ1v) is 7.32. The van der Waals surface area contributed by atoms with Crippen LogP contribution in [0, 0.1) is 5.92 Å². The smallest absolute Gasteiger partial charge is 0.410 e. The number of hydrogen-bond donors (Lipinski definition) is 1. The lowest BCUT2D eigenvalue weighted by Crippen LogP contribution is -2.72. The maximum atomic E-state index is 12.2. The number of carboxylic acids is 1. The van der Waals surface area contributed by atoms with E-state index in [0.717, 1.165) is 24.8 Å². The van der Waals surface area contributed by atoms with Crippen molar-refractivity contribution in [2.24, 2.45) is 5.92 Å². The summed E-state index contributed by atoms with van der Waals surface area (Å²) >= 11 is 0. The minimum Gasteiger partial charge on any atom is -0.481 e. The number of rotatable bonds is 4. The van der Waals surface area contributed by atoms with Gasteiger partial charge in [-0.1, -0.05) is 30.3 Å². The van der Waals surface area contributed by atoms with E-state index in [2.05, 4.69) is 0 Å². The molecule has 21 heavy (non-hydrogen) atoms. The second-order valence-corrected chi connectivity index (χ2v) is 5.90. The lowest BCUT2D eigenvalue weighted by atomic mass is 9.60. The van der Waals surface area contributed by atoms with Crippen LogP contribution >= 0.6 is 0 Å². The highest BCUT2D eigenvalue weighted by atomic mass is 16.6. The van der Waals surface area contributed by atoms with Crippen LogP contribution in [0.4, 0.5) is 4.79 Å². The van der Waals surface area contributed by atoms with Crippen molar-refractivity contribution < 1.29 is 19.4 Å². The van der Waals surface area contributed by atoms with Crippen LogP contribution in [0.2, 0.25) is 0 Å². The summed E-state index contributed by atoms with van der Waals surface area (Å²) in [6.07, 6.45) is 2.66. The van der Waals surface area contributed by atoms with E-state index in [4.69, 9.17) is 9.84 Å². The molecule has 1 atom stereocenters. The van der Waals surface area contributed by atoms with Gasteiger partial charge >= 0.3 is 12.1 Å². The molecule has 5 nitrogen and oxygen atoms in total. The van der Waals surface area contributed by atoms with Gasteiger partial charge in [0.2, 0.25) is 0 Å². The van der Waals surface area contributed by atoms with E-state index >= 15 is 0 Å². The quantitative estimate of drug-likeness (QED) is 0.925. The molecule has 1 N–H and O–H groups in total. The molecule has 1 aliphatic heterocycles. The minimum atomic E-state index is -0.788. The Morgan fingerprint density at radius 1 is 1.29 bits per heavy atom. The molecule has 2 fully saturated rings. The normalized spacial score (nSPS) is 22.3. The average Bonchev–Trinajstić information content (AvgIpc) is 2.39. The molecule has 1 saturated heterocycles. The van der Waals surface area contributed by atoms with E-state index in [-0.39, 0.29) is 30.6 Å². The summed E-state index contributed by atoms with van der Waals surface area (Å²) < 4.78 is 5.36. The Morgan fingerprint density at radius 3 is 2.57 bits per heavy atom. The van der Waals surface area contributed by atoms with E-state index in [0.29, 0.717) is 6.54 Å². The molecule has 2 aliphatic rings. The van der Waals surface area contributed by atoms with Crippen molar-refractivity contribution in [2.75, 3.05) is 6.54 Å². The van der Waals surface area contributed by atoms with Gasteiger partial charge in [-0.2, -0.15) is 0 Å². The van der Waals surface area contributed by atoms with Crippen molar-refractivity contribution in [1.29, 1.82) is 0 Å². The van der Waals surface area contributed by atoms with Gasteiger partial charge < -0.3 is 14.7 Å². The largest absolute Gasteiger partial charge is 0.481 e. The molecule has 0 radical (unpaired) electrons. The Kier molecular flexibility index (Phi) is 3.57. The molecule has 1 aliphatic carbocycles. The average molecular weight is 289 g/mol. The molecule has 1 aromatic carbocycles. The summed E-state index contributed by atoms with van der Waals surface area (Å²) in [6.45, 7) is 0.760. The Morgan fingerprint density at radius 2 is 2.00 bits per heavy atom. The topological polar surface area (TPSA) is 66.8 Å². The van der Waals surface area contributed by atoms with Gasteiger partial charge in [0.1, 0.15) is 6.61 Å². The van der Waals surface area contributed by atoms with Crippen LogP contribution in [0.1, 0.15) is 31.2 Å². The van der Waals surface area contributed by atoms with Gasteiger partial charge in [-0.3, -0.25) is 4.79 Å². The van der Waals surface area contributed by atoms with E-state index in [1.807, 2.05) is 30.3 Å². The third-order valence-corrected chi connectivity index (χ3v) is 4.77. The number of carbonyl (C=O) groups excluding carboxylic acids is 1. The number of carbonyl (C=O) groups is 2. The van der Waals surface area contributed by atoms with Crippen molar-refractivity contribution in [1.82, 2.24) is 4.90 Å². The first-order valence-electron chi connectivity index (χ1n) is 7.32. The van der Waals surface area contributed by atoms with Crippen LogP contribution in [0.3, 0.4) is 0 Å². The molecule has 0 bridgehead atoms. The van der Waals surface area contributed by atoms with Crippen molar-refractivity contribution in [3.8, 4) is 0 Å². The lowest BCUT2D eigenvalue weighted by molar-refractivity contribution is -0.152. The number of hydrogen-bond acceptors (Lipinski definition) is 3. The number of amides is 1. The van der Waals surface area contributed by atoms with Gasteiger partial charge in [0.05, 0.1) is 12.0 Å². The second kappa shape index (κ2) is 5.39. The molecule has 112 valence electrons. The van der Waals surface area contributed by atoms with E-state index in [9.17, 15) is 9.59 Å². The number of carboxylic acid groups (broad SMARTS) is 1. The number of likely N-dealkylation sites (tertiary alicyclic amines) is 1. The Hall–Kier alpha value is -2.04. The van der Waals surface area contributed by atoms with Crippen molar-refractivity contribution in [3.63, 3.8) is 0 Å². The second-order valence-electron chi connectivity index (χ2n) is 5.90. The Balaban J connectivity index is 1.57. The highest BCUT2D eigenvalue weighted by Gasteiger charge is 2.59. The van der Waals surface area contributed by atoms with Gasteiger partial charge in [-0.15, -0.1) is 0 Å². The third-order valence-electron chi connectivity index (χ3n) is 4.77. The van der Waals surface area contributed by atoms with E-state index < -0.39 is 5.97 Å². The predicted molar refractivity (Wildman–Crippen MR) is 75.7 cm³/mol. The van der Waals surface area contributed by atoms with Gasteiger partial charge in [-0.25, -0.2) is 4.79 Å². The number of aliphatic carboxylic acids is 1. The molecule has 1 unspecified atom stereocenters. The molecular formula is C16H19NO4. The van der Waals surface area contributed by atoms with E-state index in [1.165, 1.54) is 0 Å². The summed E-state index contributed by atoms with van der Waals surface area (Å²) in [5, 5.41) is 8.94. The maximum absolute atomic E-state index is 12.2. The molecule has 1 heterocycles. The van der Waals surface area contributed by atoms with E-state index in [1.54, 1.807) is 4.90 Å². The molecule has 5 heteroatoms. The van der Waals surface area contributed by atoms with Crippen LogP contribution < -0.4 is 0 Å². The molecule has 1 saturated carbocycles. The Labute approximate surface area is 123 Å². The zero-order valence-electron chi connectivity index (χ0n) is 11.8. The maximum Gasteiger partial charge on any atom is 0.410 e. The van der Waals surface area contributed by atoms with Crippen LogP contribution in [0.25, 0.3) is 0 Å². The first kappa shape index (κ1) is 13.9. The third kappa shape index (κ3) is 2.48. The zero-order chi connectivity index (χ0) is 14.9. The SMILES string of the molecule is O=C(O)CC1CN(C(=O)OCc2ccccc2)C12CCC2. The monoisotopic (exact) mass is 289 g/mol. The molecule has 3 rings (SSSR count). The fourth-order valence-corrected chi connectivity index (χ4v) is 3.42. The fourth-order valence-electron chi connectivity index (χ4n) is 3.42. The molecule has 0 aromatic heterocycles. The van der Waals surface area contributed by atoms with Gasteiger partial charge in [0.15, 0.2) is 0 Å². The van der Waals surface area contributed by atoms with Crippen LogP contribution in [-0.4, -0.2) is 34.2 Å². The lowest BCUT2D eigenvalue weighted by Gasteiger charge is -2.62. The summed E-state index contributed by atoms with van der Waals surface area (Å²) in [4.78, 5) is 24.8. The highest BCUT2D eigenvalue weighted by molar-refractivity contribution is 5.73. The Bertz CT molecular complexity index is 538. The first-order chi connectivity index (χ1) is 10.1. The fraction of sp³-hybridized carbons (Fsp3) is 0.500. The number of nitrogens with zero attached hydrogens (tertiary/aromatic N) is 1. The molecule has 1 amide bonds. The number of benzene rings is 1. The zero-order valence-corrected chi connectivity index (χ0v) is 11.8. The van der Waals surface area contributed by atoms with Gasteiger partial charge in [0.25, 0.3) is 0 Å². The van der Waals surface area contributed by atoms with Crippen molar-refractivity contribution in [2.45, 2.75) is 37.8 Å². The van der Waals surface area contributed by atoms with Gasteiger partial charge in [0, 0.05) is 12.5 Å². The van der Waals surface area contributed by atoms with Crippen molar-refractivity contribution in [3.05, 3.63) is 35.9 Å². The summed E-state index contributed by atoms with van der Waals surface area (Å²) in [5.74, 6) is -0.711. The summed E-state index contributed by atoms with van der Waals surface area (Å²) in [7, 11) is 0. The van der Waals surface area contributed by atoms with Crippen LogP contribution in [-0.2, 0) is 16.1 Å².